The number of hydrogen-bond donors (Lipinski definition) is 0. The summed E-state index contributed by atoms with van der Waals surface area (Å²) in [6.07, 6.45) is 5.76. The lowest BCUT2D eigenvalue weighted by molar-refractivity contribution is 0.00962. The molecule has 1 rings (SSSR count). The second-order valence-corrected chi connectivity index (χ2v) is 4.25. The maximum absolute atomic E-state index is 11.8. The molecule has 0 amide bonds. The molecule has 0 heterocycles. The van der Waals surface area contributed by atoms with Gasteiger partial charge in [0.1, 0.15) is 12.7 Å². The molecule has 19 heavy (non-hydrogen) atoms. The van der Waals surface area contributed by atoms with Crippen LogP contribution >= 0.6 is 0 Å². The van der Waals surface area contributed by atoms with Crippen LogP contribution in [-0.2, 0) is 9.47 Å². The predicted molar refractivity (Wildman–Crippen MR) is 76.2 cm³/mol. The summed E-state index contributed by atoms with van der Waals surface area (Å²) in [4.78, 5) is 11.8. The standard InChI is InChI=1S/C16H22O3/c1-3-5-12-18-15(9-4-2)13-19-16(17)14-10-7-6-8-11-14/h4,6-11,15H,3,5,12-13H2,1-2H3/b9-4+. The number of hydrogen-bond acceptors (Lipinski definition) is 3. The van der Waals surface area contributed by atoms with Gasteiger partial charge in [-0.3, -0.25) is 0 Å². The molecule has 0 aromatic heterocycles. The van der Waals surface area contributed by atoms with Gasteiger partial charge in [0.15, 0.2) is 0 Å². The lowest BCUT2D eigenvalue weighted by atomic mass is 10.2. The highest BCUT2D eigenvalue weighted by atomic mass is 16.6. The number of unbranched alkanes of at least 4 members (excludes halogenated alkanes) is 1. The second-order valence-electron chi connectivity index (χ2n) is 4.25. The first-order valence-corrected chi connectivity index (χ1v) is 6.74. The van der Waals surface area contributed by atoms with Crippen LogP contribution in [0.3, 0.4) is 0 Å². The third kappa shape index (κ3) is 6.20. The molecule has 3 heteroatoms. The molecule has 0 radical (unpaired) electrons. The number of rotatable bonds is 8. The fraction of sp³-hybridized carbons (Fsp3) is 0.438. The topological polar surface area (TPSA) is 35.5 Å². The molecule has 0 aliphatic carbocycles. The number of ether oxygens (including phenoxy) is 2. The third-order valence-corrected chi connectivity index (χ3v) is 2.63. The van der Waals surface area contributed by atoms with E-state index in [0.717, 1.165) is 12.8 Å². The van der Waals surface area contributed by atoms with Gasteiger partial charge in [0, 0.05) is 6.61 Å². The molecular formula is C16H22O3. The van der Waals surface area contributed by atoms with Gasteiger partial charge >= 0.3 is 5.97 Å². The molecule has 0 saturated heterocycles. The Morgan fingerprint density at radius 2 is 2.05 bits per heavy atom. The van der Waals surface area contributed by atoms with Gasteiger partial charge < -0.3 is 9.47 Å². The van der Waals surface area contributed by atoms with Gasteiger partial charge in [-0.15, -0.1) is 0 Å². The first kappa shape index (κ1) is 15.4. The normalized spacial score (nSPS) is 12.5. The zero-order valence-corrected chi connectivity index (χ0v) is 11.7. The molecular weight excluding hydrogens is 240 g/mol. The molecule has 1 unspecified atom stereocenters. The molecule has 0 spiro atoms. The average Bonchev–Trinajstić information content (AvgIpc) is 2.45. The molecule has 104 valence electrons. The molecule has 0 fully saturated rings. The van der Waals surface area contributed by atoms with Crippen LogP contribution in [0.1, 0.15) is 37.0 Å². The van der Waals surface area contributed by atoms with E-state index in [1.165, 1.54) is 0 Å². The third-order valence-electron chi connectivity index (χ3n) is 2.63. The van der Waals surface area contributed by atoms with Gasteiger partial charge in [-0.2, -0.15) is 0 Å². The highest BCUT2D eigenvalue weighted by molar-refractivity contribution is 5.89. The van der Waals surface area contributed by atoms with Crippen molar-refractivity contribution in [3.05, 3.63) is 48.0 Å². The van der Waals surface area contributed by atoms with E-state index in [2.05, 4.69) is 6.92 Å². The van der Waals surface area contributed by atoms with Crippen molar-refractivity contribution in [3.8, 4) is 0 Å². The van der Waals surface area contributed by atoms with Crippen molar-refractivity contribution in [2.24, 2.45) is 0 Å². The van der Waals surface area contributed by atoms with E-state index in [4.69, 9.17) is 9.47 Å². The fourth-order valence-corrected chi connectivity index (χ4v) is 1.57. The van der Waals surface area contributed by atoms with E-state index in [1.807, 2.05) is 37.3 Å². The van der Waals surface area contributed by atoms with Gasteiger partial charge in [-0.25, -0.2) is 4.79 Å². The van der Waals surface area contributed by atoms with Crippen molar-refractivity contribution in [2.45, 2.75) is 32.8 Å². The number of carbonyl (C=O) groups is 1. The van der Waals surface area contributed by atoms with Crippen LogP contribution in [0.15, 0.2) is 42.5 Å². The number of carbonyl (C=O) groups excluding carboxylic acids is 1. The minimum atomic E-state index is -0.311. The Labute approximate surface area is 115 Å². The highest BCUT2D eigenvalue weighted by Gasteiger charge is 2.10. The Balaban J connectivity index is 2.40. The highest BCUT2D eigenvalue weighted by Crippen LogP contribution is 2.04. The molecule has 0 aliphatic heterocycles. The molecule has 0 saturated carbocycles. The van der Waals surface area contributed by atoms with Crippen molar-refractivity contribution < 1.29 is 14.3 Å². The van der Waals surface area contributed by atoms with E-state index < -0.39 is 0 Å². The number of benzene rings is 1. The summed E-state index contributed by atoms with van der Waals surface area (Å²) >= 11 is 0. The van der Waals surface area contributed by atoms with E-state index in [-0.39, 0.29) is 18.7 Å². The predicted octanol–water partition coefficient (Wildman–Crippen LogP) is 3.60. The summed E-state index contributed by atoms with van der Waals surface area (Å²) in [5.41, 5.74) is 0.565. The minimum absolute atomic E-state index is 0.163. The molecule has 1 aromatic carbocycles. The Hall–Kier alpha value is -1.61. The van der Waals surface area contributed by atoms with Crippen LogP contribution in [0.4, 0.5) is 0 Å². The van der Waals surface area contributed by atoms with E-state index in [1.54, 1.807) is 12.1 Å². The number of allylic oxidation sites excluding steroid dienone is 1. The Morgan fingerprint density at radius 1 is 1.32 bits per heavy atom. The van der Waals surface area contributed by atoms with Crippen molar-refractivity contribution in [3.63, 3.8) is 0 Å². The van der Waals surface area contributed by atoms with Gasteiger partial charge in [-0.05, 0) is 25.5 Å². The van der Waals surface area contributed by atoms with Gasteiger partial charge in [0.2, 0.25) is 0 Å². The lowest BCUT2D eigenvalue weighted by Crippen LogP contribution is -2.20. The number of esters is 1. The van der Waals surface area contributed by atoms with Crippen LogP contribution in [0.25, 0.3) is 0 Å². The van der Waals surface area contributed by atoms with Crippen molar-refractivity contribution in [1.29, 1.82) is 0 Å². The first-order valence-electron chi connectivity index (χ1n) is 6.74. The summed E-state index contributed by atoms with van der Waals surface area (Å²) in [7, 11) is 0. The van der Waals surface area contributed by atoms with Crippen LogP contribution in [0.5, 0.6) is 0 Å². The summed E-state index contributed by atoms with van der Waals surface area (Å²) < 4.78 is 10.9. The van der Waals surface area contributed by atoms with Crippen LogP contribution in [0.2, 0.25) is 0 Å². The smallest absolute Gasteiger partial charge is 0.338 e. The maximum atomic E-state index is 11.8. The largest absolute Gasteiger partial charge is 0.459 e. The molecule has 0 aliphatic rings. The molecule has 1 aromatic rings. The second kappa shape index (κ2) is 9.34. The van der Waals surface area contributed by atoms with E-state index >= 15 is 0 Å². The molecule has 3 nitrogen and oxygen atoms in total. The van der Waals surface area contributed by atoms with Crippen LogP contribution in [-0.4, -0.2) is 25.3 Å². The quantitative estimate of drug-likeness (QED) is 0.408. The van der Waals surface area contributed by atoms with Gasteiger partial charge in [-0.1, -0.05) is 43.7 Å². The van der Waals surface area contributed by atoms with Gasteiger partial charge in [0.05, 0.1) is 5.56 Å². The average molecular weight is 262 g/mol. The molecule has 1 atom stereocenters. The van der Waals surface area contributed by atoms with E-state index in [9.17, 15) is 4.79 Å². The zero-order chi connectivity index (χ0) is 13.9. The summed E-state index contributed by atoms with van der Waals surface area (Å²) in [6.45, 7) is 4.98. The monoisotopic (exact) mass is 262 g/mol. The first-order chi connectivity index (χ1) is 9.27. The van der Waals surface area contributed by atoms with Crippen LogP contribution in [0, 0.1) is 0 Å². The van der Waals surface area contributed by atoms with Crippen molar-refractivity contribution >= 4 is 5.97 Å². The summed E-state index contributed by atoms with van der Waals surface area (Å²) in [6, 6.07) is 8.98. The van der Waals surface area contributed by atoms with E-state index in [0.29, 0.717) is 12.2 Å². The van der Waals surface area contributed by atoms with Crippen molar-refractivity contribution in [1.82, 2.24) is 0 Å². The summed E-state index contributed by atoms with van der Waals surface area (Å²) in [5, 5.41) is 0. The lowest BCUT2D eigenvalue weighted by Gasteiger charge is -2.14. The zero-order valence-electron chi connectivity index (χ0n) is 11.7. The van der Waals surface area contributed by atoms with Gasteiger partial charge in [0.25, 0.3) is 0 Å². The molecule has 0 bridgehead atoms. The van der Waals surface area contributed by atoms with Crippen LogP contribution < -0.4 is 0 Å². The Kier molecular flexibility index (Phi) is 7.59. The van der Waals surface area contributed by atoms with Crippen molar-refractivity contribution in [2.75, 3.05) is 13.2 Å². The molecule has 0 N–H and O–H groups in total. The summed E-state index contributed by atoms with van der Waals surface area (Å²) in [5.74, 6) is -0.311. The SMILES string of the molecule is C/C=C/C(COC(=O)c1ccccc1)OCCCC. The fourth-order valence-electron chi connectivity index (χ4n) is 1.57. The minimum Gasteiger partial charge on any atom is -0.459 e. The Bertz CT molecular complexity index is 384. The maximum Gasteiger partial charge on any atom is 0.338 e. The Morgan fingerprint density at radius 3 is 2.68 bits per heavy atom.